The van der Waals surface area contributed by atoms with Gasteiger partial charge in [0.1, 0.15) is 11.6 Å². The van der Waals surface area contributed by atoms with E-state index in [-0.39, 0.29) is 17.8 Å². The smallest absolute Gasteiger partial charge is 0.365 e. The zero-order valence-electron chi connectivity index (χ0n) is 19.2. The van der Waals surface area contributed by atoms with Crippen LogP contribution in [0.15, 0.2) is 30.5 Å². The number of rotatable bonds is 7. The van der Waals surface area contributed by atoms with Crippen LogP contribution < -0.4 is 16.4 Å². The Morgan fingerprint density at radius 3 is 2.46 bits per heavy atom. The van der Waals surface area contributed by atoms with Gasteiger partial charge in [0.2, 0.25) is 5.91 Å². The Morgan fingerprint density at radius 2 is 1.89 bits per heavy atom. The number of aromatic nitrogens is 2. The number of halogens is 3. The number of benzene rings is 1. The molecule has 1 aromatic heterocycles. The minimum Gasteiger partial charge on any atom is -0.365 e. The number of alkyl halides is 3. The van der Waals surface area contributed by atoms with E-state index in [1.165, 1.54) is 10.9 Å². The first-order valence-electron chi connectivity index (χ1n) is 11.6. The fourth-order valence-corrected chi connectivity index (χ4v) is 4.62. The molecule has 2 aliphatic rings. The van der Waals surface area contributed by atoms with Gasteiger partial charge in [-0.2, -0.15) is 23.5 Å². The van der Waals surface area contributed by atoms with Crippen LogP contribution in [0.25, 0.3) is 0 Å². The van der Waals surface area contributed by atoms with E-state index in [0.717, 1.165) is 5.56 Å². The van der Waals surface area contributed by atoms with Crippen molar-refractivity contribution >= 4 is 23.3 Å². The van der Waals surface area contributed by atoms with Crippen molar-refractivity contribution in [3.63, 3.8) is 0 Å². The third kappa shape index (κ3) is 5.58. The summed E-state index contributed by atoms with van der Waals surface area (Å²) in [6.07, 6.45) is -1.38. The molecule has 2 amide bonds. The van der Waals surface area contributed by atoms with Gasteiger partial charge in [-0.25, -0.2) is 0 Å². The summed E-state index contributed by atoms with van der Waals surface area (Å²) in [5.41, 5.74) is 7.45. The van der Waals surface area contributed by atoms with Crippen LogP contribution in [-0.4, -0.2) is 33.8 Å². The van der Waals surface area contributed by atoms with Crippen LogP contribution in [0.2, 0.25) is 0 Å². The van der Waals surface area contributed by atoms with Crippen molar-refractivity contribution in [2.24, 2.45) is 23.5 Å². The van der Waals surface area contributed by atoms with E-state index in [2.05, 4.69) is 21.8 Å². The van der Waals surface area contributed by atoms with Gasteiger partial charge in [0.25, 0.3) is 5.91 Å². The van der Waals surface area contributed by atoms with E-state index in [1.807, 2.05) is 31.2 Å². The van der Waals surface area contributed by atoms with Crippen molar-refractivity contribution in [3.05, 3.63) is 41.6 Å². The first-order chi connectivity index (χ1) is 16.6. The first kappa shape index (κ1) is 24.6. The van der Waals surface area contributed by atoms with Gasteiger partial charge in [-0.1, -0.05) is 17.7 Å². The van der Waals surface area contributed by atoms with Crippen molar-refractivity contribution in [1.82, 2.24) is 15.1 Å². The van der Waals surface area contributed by atoms with Gasteiger partial charge >= 0.3 is 6.18 Å². The van der Waals surface area contributed by atoms with Crippen LogP contribution >= 0.6 is 0 Å². The molecule has 2 fully saturated rings. The number of nitrogens with zero attached hydrogens (tertiary/aromatic N) is 3. The van der Waals surface area contributed by atoms with Gasteiger partial charge in [0.05, 0.1) is 18.0 Å². The van der Waals surface area contributed by atoms with E-state index in [1.54, 1.807) is 0 Å². The lowest BCUT2D eigenvalue weighted by atomic mass is 9.78. The molecule has 0 spiro atoms. The van der Waals surface area contributed by atoms with Gasteiger partial charge < -0.3 is 16.4 Å². The molecule has 0 aliphatic heterocycles. The van der Waals surface area contributed by atoms with Gasteiger partial charge in [0.15, 0.2) is 5.82 Å². The summed E-state index contributed by atoms with van der Waals surface area (Å²) in [6, 6.07) is 7.34. The van der Waals surface area contributed by atoms with Crippen LogP contribution in [0.4, 0.5) is 24.7 Å². The molecular formula is C24H27F3N6O2. The molecular weight excluding hydrogens is 461 g/mol. The summed E-state index contributed by atoms with van der Waals surface area (Å²) in [4.78, 5) is 24.7. The number of aryl methyl sites for hydroxylation is 1. The van der Waals surface area contributed by atoms with Gasteiger partial charge in [-0.3, -0.25) is 14.3 Å². The molecule has 4 rings (SSSR count). The maximum absolute atomic E-state index is 13.3. The molecule has 4 atom stereocenters. The second-order valence-corrected chi connectivity index (χ2v) is 9.40. The summed E-state index contributed by atoms with van der Waals surface area (Å²) in [6.45, 7) is 1.95. The predicted octanol–water partition coefficient (Wildman–Crippen LogP) is 3.97. The molecule has 8 nitrogen and oxygen atoms in total. The normalized spacial score (nSPS) is 23.2. The average Bonchev–Trinajstić information content (AvgIpc) is 3.56. The summed E-state index contributed by atoms with van der Waals surface area (Å²) in [5.74, 6) is -3.05. The highest BCUT2D eigenvalue weighted by molar-refractivity contribution is 5.98. The molecule has 186 valence electrons. The number of hydrogen-bond donors (Lipinski definition) is 3. The molecule has 35 heavy (non-hydrogen) atoms. The van der Waals surface area contributed by atoms with Crippen LogP contribution in [0.3, 0.4) is 0 Å². The maximum atomic E-state index is 13.3. The Bertz CT molecular complexity index is 1130. The lowest BCUT2D eigenvalue weighted by Crippen LogP contribution is -2.49. The quantitative estimate of drug-likeness (QED) is 0.544. The number of anilines is 2. The minimum atomic E-state index is -4.50. The topological polar surface area (TPSA) is 126 Å². The number of hydrogen-bond acceptors (Lipinski definition) is 5. The van der Waals surface area contributed by atoms with E-state index >= 15 is 0 Å². The Hall–Kier alpha value is -3.55. The van der Waals surface area contributed by atoms with Gasteiger partial charge in [0, 0.05) is 17.8 Å². The fraction of sp³-hybridized carbons (Fsp3) is 0.500. The standard InChI is InChI=1S/C24H27F3N6O2/c1-13-2-7-17(8-3-13)30-22-18(21(29)34)12-33(32-22)19-9-6-15(10-16(19)11-28)23(35)31-20(14-4-5-14)24(25,26)27/h2-3,7-8,12,14-16,19-20H,4-6,9-10H2,1H3,(H2,29,34)(H,30,32)(H,31,35)/t15-,16+,19-,20+/m0/s1. The predicted molar refractivity (Wildman–Crippen MR) is 121 cm³/mol. The number of nitrogens with one attached hydrogen (secondary N) is 2. The summed E-state index contributed by atoms with van der Waals surface area (Å²) < 4.78 is 41.5. The monoisotopic (exact) mass is 488 g/mol. The maximum Gasteiger partial charge on any atom is 0.408 e. The van der Waals surface area contributed by atoms with E-state index in [4.69, 9.17) is 5.73 Å². The Kier molecular flexibility index (Phi) is 6.74. The highest BCUT2D eigenvalue weighted by atomic mass is 19.4. The summed E-state index contributed by atoms with van der Waals surface area (Å²) in [5, 5.41) is 19.5. The van der Waals surface area contributed by atoms with Crippen molar-refractivity contribution in [2.75, 3.05) is 5.32 Å². The zero-order valence-corrected chi connectivity index (χ0v) is 19.2. The van der Waals surface area contributed by atoms with Crippen LogP contribution in [0, 0.1) is 36.0 Å². The zero-order chi connectivity index (χ0) is 25.3. The summed E-state index contributed by atoms with van der Waals surface area (Å²) in [7, 11) is 0. The van der Waals surface area contributed by atoms with Crippen LogP contribution in [0.5, 0.6) is 0 Å². The Morgan fingerprint density at radius 1 is 1.20 bits per heavy atom. The Balaban J connectivity index is 1.48. The molecule has 1 heterocycles. The fourth-order valence-electron chi connectivity index (χ4n) is 4.62. The van der Waals surface area contributed by atoms with Crippen molar-refractivity contribution < 1.29 is 22.8 Å². The molecule has 11 heteroatoms. The van der Waals surface area contributed by atoms with E-state index < -0.39 is 47.8 Å². The number of nitriles is 1. The highest BCUT2D eigenvalue weighted by Gasteiger charge is 2.50. The molecule has 2 aliphatic carbocycles. The summed E-state index contributed by atoms with van der Waals surface area (Å²) >= 11 is 0. The largest absolute Gasteiger partial charge is 0.408 e. The second-order valence-electron chi connectivity index (χ2n) is 9.40. The number of carbonyl (C=O) groups is 2. The lowest BCUT2D eigenvalue weighted by Gasteiger charge is -2.33. The molecule has 2 aromatic rings. The number of primary amides is 1. The van der Waals surface area contributed by atoms with E-state index in [9.17, 15) is 28.0 Å². The molecule has 0 unspecified atom stereocenters. The second kappa shape index (κ2) is 9.60. The third-order valence-electron chi connectivity index (χ3n) is 6.75. The number of nitrogens with two attached hydrogens (primary N) is 1. The van der Waals surface area contributed by atoms with Crippen molar-refractivity contribution in [1.29, 1.82) is 5.26 Å². The molecule has 0 bridgehead atoms. The van der Waals surface area contributed by atoms with Gasteiger partial charge in [-0.15, -0.1) is 0 Å². The van der Waals surface area contributed by atoms with Crippen LogP contribution in [0.1, 0.15) is 54.1 Å². The lowest BCUT2D eigenvalue weighted by molar-refractivity contribution is -0.167. The third-order valence-corrected chi connectivity index (χ3v) is 6.75. The number of carbonyl (C=O) groups excluding carboxylic acids is 2. The molecule has 0 saturated heterocycles. The molecule has 2 saturated carbocycles. The molecule has 4 N–H and O–H groups in total. The van der Waals surface area contributed by atoms with E-state index in [0.29, 0.717) is 31.4 Å². The van der Waals surface area contributed by atoms with Gasteiger partial charge in [-0.05, 0) is 57.1 Å². The molecule has 0 radical (unpaired) electrons. The first-order valence-corrected chi connectivity index (χ1v) is 11.6. The average molecular weight is 489 g/mol. The highest BCUT2D eigenvalue weighted by Crippen LogP contribution is 2.42. The minimum absolute atomic E-state index is 0.106. The Labute approximate surface area is 200 Å². The van der Waals surface area contributed by atoms with Crippen molar-refractivity contribution in [3.8, 4) is 6.07 Å². The number of amides is 2. The van der Waals surface area contributed by atoms with Crippen LogP contribution in [-0.2, 0) is 4.79 Å². The molecule has 1 aromatic carbocycles. The SMILES string of the molecule is Cc1ccc(Nc2nn([C@H]3CC[C@H](C(=O)N[C@H](C4CC4)C(F)(F)F)C[C@@H]3C#N)cc2C(N)=O)cc1. The van der Waals surface area contributed by atoms with Crippen molar-refractivity contribution in [2.45, 2.75) is 57.3 Å².